The number of amides is 1. The van der Waals surface area contributed by atoms with E-state index in [0.29, 0.717) is 6.61 Å². The van der Waals surface area contributed by atoms with Crippen LogP contribution in [0.5, 0.6) is 0 Å². The van der Waals surface area contributed by atoms with Gasteiger partial charge in [0, 0.05) is 0 Å². The van der Waals surface area contributed by atoms with Gasteiger partial charge in [0.05, 0.1) is 12.1 Å². The quantitative estimate of drug-likeness (QED) is 0.824. The maximum atomic E-state index is 11.3. The Morgan fingerprint density at radius 2 is 2.17 bits per heavy atom. The Balaban J connectivity index is 2.55. The van der Waals surface area contributed by atoms with Gasteiger partial charge in [0.25, 0.3) is 5.91 Å². The average Bonchev–Trinajstić information content (AvgIpc) is 2.75. The molecule has 0 saturated heterocycles. The lowest BCUT2D eigenvalue weighted by Crippen LogP contribution is -2.24. The van der Waals surface area contributed by atoms with E-state index >= 15 is 0 Å². The summed E-state index contributed by atoms with van der Waals surface area (Å²) in [6.45, 7) is 7.85. The van der Waals surface area contributed by atoms with Gasteiger partial charge < -0.3 is 10.1 Å². The molecule has 1 heterocycles. The highest BCUT2D eigenvalue weighted by Crippen LogP contribution is 2.18. The van der Waals surface area contributed by atoms with E-state index in [1.807, 2.05) is 20.8 Å². The summed E-state index contributed by atoms with van der Waals surface area (Å²) >= 11 is 1.43. The minimum Gasteiger partial charge on any atom is -0.372 e. The van der Waals surface area contributed by atoms with Crippen LogP contribution in [0.4, 0.5) is 0 Å². The van der Waals surface area contributed by atoms with Gasteiger partial charge in [-0.1, -0.05) is 17.3 Å². The van der Waals surface area contributed by atoms with Crippen LogP contribution in [0.15, 0.2) is 0 Å². The van der Waals surface area contributed by atoms with Crippen molar-refractivity contribution in [2.75, 3.05) is 0 Å². The minimum absolute atomic E-state index is 0.161. The third kappa shape index (κ3) is 4.82. The fourth-order valence-electron chi connectivity index (χ4n) is 1.15. The van der Waals surface area contributed by atoms with Crippen molar-refractivity contribution in [3.63, 3.8) is 0 Å². The summed E-state index contributed by atoms with van der Waals surface area (Å²) in [5.74, 6) is 4.67. The molecule has 18 heavy (non-hydrogen) atoms. The van der Waals surface area contributed by atoms with Crippen molar-refractivity contribution in [1.82, 2.24) is 15.5 Å². The molecule has 0 aliphatic carbocycles. The molecule has 0 aliphatic rings. The van der Waals surface area contributed by atoms with Gasteiger partial charge in [-0.25, -0.2) is 0 Å². The predicted octanol–water partition coefficient (Wildman–Crippen LogP) is 1.66. The van der Waals surface area contributed by atoms with Gasteiger partial charge in [0.15, 0.2) is 0 Å². The summed E-state index contributed by atoms with van der Waals surface area (Å²) in [4.78, 5) is 11.3. The van der Waals surface area contributed by atoms with Gasteiger partial charge in [0.1, 0.15) is 16.6 Å². The fraction of sp³-hybridized carbons (Fsp3) is 0.583. The van der Waals surface area contributed by atoms with Crippen LogP contribution < -0.4 is 5.32 Å². The highest BCUT2D eigenvalue weighted by Gasteiger charge is 2.13. The van der Waals surface area contributed by atoms with Gasteiger partial charge >= 0.3 is 0 Å². The Labute approximate surface area is 111 Å². The monoisotopic (exact) mass is 267 g/mol. The summed E-state index contributed by atoms with van der Waals surface area (Å²) < 4.78 is 5.44. The molecule has 1 unspecified atom stereocenters. The molecule has 5 nitrogen and oxygen atoms in total. The first-order chi connectivity index (χ1) is 8.52. The molecule has 1 aromatic rings. The SMILES string of the molecule is CC#CC(=O)NC(C)c1nnc(COC(C)C)s1. The van der Waals surface area contributed by atoms with E-state index in [4.69, 9.17) is 4.74 Å². The first-order valence-electron chi connectivity index (χ1n) is 5.70. The first kappa shape index (κ1) is 14.6. The first-order valence-corrected chi connectivity index (χ1v) is 6.51. The van der Waals surface area contributed by atoms with Gasteiger partial charge in [0.2, 0.25) is 0 Å². The zero-order chi connectivity index (χ0) is 13.5. The molecular formula is C12H17N3O2S. The van der Waals surface area contributed by atoms with E-state index in [-0.39, 0.29) is 18.1 Å². The van der Waals surface area contributed by atoms with Crippen molar-refractivity contribution >= 4 is 17.2 Å². The number of rotatable bonds is 5. The number of hydrogen-bond acceptors (Lipinski definition) is 5. The van der Waals surface area contributed by atoms with Crippen LogP contribution in [0.2, 0.25) is 0 Å². The Morgan fingerprint density at radius 1 is 1.44 bits per heavy atom. The van der Waals surface area contributed by atoms with Crippen molar-refractivity contribution in [2.24, 2.45) is 0 Å². The van der Waals surface area contributed by atoms with Crippen LogP contribution >= 0.6 is 11.3 Å². The summed E-state index contributed by atoms with van der Waals surface area (Å²) in [7, 11) is 0. The molecule has 6 heteroatoms. The summed E-state index contributed by atoms with van der Waals surface area (Å²) in [6.07, 6.45) is 0.161. The van der Waals surface area contributed by atoms with Crippen LogP contribution in [0.3, 0.4) is 0 Å². The molecule has 0 saturated carbocycles. The topological polar surface area (TPSA) is 64.1 Å². The summed E-state index contributed by atoms with van der Waals surface area (Å²) in [6, 6.07) is -0.191. The Morgan fingerprint density at radius 3 is 2.78 bits per heavy atom. The largest absolute Gasteiger partial charge is 0.372 e. The normalized spacial score (nSPS) is 11.8. The summed E-state index contributed by atoms with van der Waals surface area (Å²) in [5.41, 5.74) is 0. The fourth-order valence-corrected chi connectivity index (χ4v) is 1.91. The van der Waals surface area contributed by atoms with E-state index in [0.717, 1.165) is 10.0 Å². The second-order valence-corrected chi connectivity index (χ2v) is 5.06. The molecule has 1 atom stereocenters. The highest BCUT2D eigenvalue weighted by atomic mass is 32.1. The number of hydrogen-bond donors (Lipinski definition) is 1. The van der Waals surface area contributed by atoms with Crippen molar-refractivity contribution in [3.05, 3.63) is 10.0 Å². The second kappa shape index (κ2) is 7.09. The molecule has 1 amide bonds. The number of nitrogens with one attached hydrogen (secondary N) is 1. The van der Waals surface area contributed by atoms with E-state index in [1.54, 1.807) is 6.92 Å². The molecule has 1 aromatic heterocycles. The molecule has 0 spiro atoms. The lowest BCUT2D eigenvalue weighted by molar-refractivity contribution is -0.116. The standard InChI is InChI=1S/C12H17N3O2S/c1-5-6-10(16)13-9(4)12-15-14-11(18-12)7-17-8(2)3/h8-9H,7H2,1-4H3,(H,13,16). The van der Waals surface area contributed by atoms with Crippen molar-refractivity contribution in [3.8, 4) is 11.8 Å². The van der Waals surface area contributed by atoms with Crippen LogP contribution in [0, 0.1) is 11.8 Å². The molecule has 0 radical (unpaired) electrons. The van der Waals surface area contributed by atoms with Crippen molar-refractivity contribution < 1.29 is 9.53 Å². The Kier molecular flexibility index (Phi) is 5.75. The molecule has 1 rings (SSSR count). The Bertz CT molecular complexity index is 459. The average molecular weight is 267 g/mol. The van der Waals surface area contributed by atoms with Crippen LogP contribution in [0.1, 0.15) is 43.8 Å². The number of nitrogens with zero attached hydrogens (tertiary/aromatic N) is 2. The third-order valence-corrected chi connectivity index (χ3v) is 3.06. The highest BCUT2D eigenvalue weighted by molar-refractivity contribution is 7.11. The van der Waals surface area contributed by atoms with Gasteiger partial charge in [-0.3, -0.25) is 4.79 Å². The van der Waals surface area contributed by atoms with Crippen LogP contribution in [-0.4, -0.2) is 22.2 Å². The smallest absolute Gasteiger partial charge is 0.296 e. The summed E-state index contributed by atoms with van der Waals surface area (Å²) in [5, 5.41) is 12.3. The number of aromatic nitrogens is 2. The number of carbonyl (C=O) groups is 1. The lowest BCUT2D eigenvalue weighted by Gasteiger charge is -2.06. The minimum atomic E-state index is -0.305. The molecule has 98 valence electrons. The molecular weight excluding hydrogens is 250 g/mol. The van der Waals surface area contributed by atoms with Crippen molar-refractivity contribution in [1.29, 1.82) is 0 Å². The third-order valence-electron chi connectivity index (χ3n) is 1.98. The van der Waals surface area contributed by atoms with Gasteiger partial charge in [-0.05, 0) is 33.6 Å². The number of ether oxygens (including phenoxy) is 1. The maximum absolute atomic E-state index is 11.3. The van der Waals surface area contributed by atoms with Crippen molar-refractivity contribution in [2.45, 2.75) is 46.4 Å². The molecule has 0 aromatic carbocycles. The van der Waals surface area contributed by atoms with Gasteiger partial charge in [-0.15, -0.1) is 10.2 Å². The zero-order valence-corrected chi connectivity index (χ0v) is 11.8. The zero-order valence-electron chi connectivity index (χ0n) is 11.0. The van der Waals surface area contributed by atoms with E-state index < -0.39 is 0 Å². The molecule has 1 N–H and O–H groups in total. The lowest BCUT2D eigenvalue weighted by atomic mass is 10.3. The number of carbonyl (C=O) groups excluding carboxylic acids is 1. The molecule has 0 aliphatic heterocycles. The van der Waals surface area contributed by atoms with E-state index in [1.165, 1.54) is 11.3 Å². The molecule has 0 bridgehead atoms. The Hall–Kier alpha value is -1.45. The second-order valence-electron chi connectivity index (χ2n) is 3.96. The molecule has 0 fully saturated rings. The predicted molar refractivity (Wildman–Crippen MR) is 69.8 cm³/mol. The van der Waals surface area contributed by atoms with E-state index in [9.17, 15) is 4.79 Å². The maximum Gasteiger partial charge on any atom is 0.296 e. The van der Waals surface area contributed by atoms with Crippen LogP contribution in [0.25, 0.3) is 0 Å². The van der Waals surface area contributed by atoms with E-state index in [2.05, 4.69) is 27.4 Å². The van der Waals surface area contributed by atoms with Crippen LogP contribution in [-0.2, 0) is 16.1 Å². The van der Waals surface area contributed by atoms with Gasteiger partial charge in [-0.2, -0.15) is 0 Å².